The number of hydrogen-bond donors (Lipinski definition) is 0. The topological polar surface area (TPSA) is 27.7 Å². The molecule has 0 bridgehead atoms. The van der Waals surface area contributed by atoms with Crippen molar-refractivity contribution in [2.24, 2.45) is 5.92 Å². The molecule has 7 rings (SSSR count). The molecule has 0 saturated carbocycles. The molecule has 1 aliphatic heterocycles. The van der Waals surface area contributed by atoms with Crippen LogP contribution in [-0.4, -0.2) is 26.7 Å². The molecule has 3 nitrogen and oxygen atoms in total. The SMILES string of the molecule is CCC(C)C1(CC)c2ccccc2-c2c1c1c(c3cc(SC)c(SC)cc23)OC(c2ccc(OC)cc2)(c2ccc(OC)cc2)C=C1. The largest absolute Gasteiger partial charge is 0.497 e. The summed E-state index contributed by atoms with van der Waals surface area (Å²) in [5, 5.41) is 2.42. The Balaban J connectivity index is 1.61. The maximum absolute atomic E-state index is 7.62. The first-order chi connectivity index (χ1) is 22.9. The third-order valence-corrected chi connectivity index (χ3v) is 12.4. The minimum absolute atomic E-state index is 0.134. The van der Waals surface area contributed by atoms with E-state index >= 15 is 0 Å². The van der Waals surface area contributed by atoms with Crippen molar-refractivity contribution in [3.63, 3.8) is 0 Å². The molecule has 5 aromatic carbocycles. The minimum Gasteiger partial charge on any atom is -0.497 e. The van der Waals surface area contributed by atoms with Gasteiger partial charge in [-0.05, 0) is 95.0 Å². The zero-order valence-electron chi connectivity index (χ0n) is 28.3. The van der Waals surface area contributed by atoms with Crippen LogP contribution in [0.2, 0.25) is 0 Å². The average Bonchev–Trinajstić information content (AvgIpc) is 3.45. The van der Waals surface area contributed by atoms with Gasteiger partial charge in [0, 0.05) is 37.3 Å². The molecule has 240 valence electrons. The second kappa shape index (κ2) is 12.3. The van der Waals surface area contributed by atoms with Crippen LogP contribution in [0.15, 0.2) is 101 Å². The van der Waals surface area contributed by atoms with E-state index < -0.39 is 5.60 Å². The molecule has 0 radical (unpaired) electrons. The van der Waals surface area contributed by atoms with E-state index in [0.717, 1.165) is 46.6 Å². The summed E-state index contributed by atoms with van der Waals surface area (Å²) in [5.74, 6) is 3.01. The van der Waals surface area contributed by atoms with Crippen molar-refractivity contribution in [1.29, 1.82) is 0 Å². The highest BCUT2D eigenvalue weighted by molar-refractivity contribution is 8.01. The molecule has 2 unspecified atom stereocenters. The normalized spacial score (nSPS) is 17.9. The average molecular weight is 659 g/mol. The molecular weight excluding hydrogens is 617 g/mol. The van der Waals surface area contributed by atoms with Crippen molar-refractivity contribution in [3.05, 3.63) is 119 Å². The van der Waals surface area contributed by atoms with Crippen LogP contribution in [0.1, 0.15) is 61.4 Å². The molecule has 0 aromatic heterocycles. The van der Waals surface area contributed by atoms with Gasteiger partial charge in [-0.2, -0.15) is 0 Å². The maximum atomic E-state index is 7.62. The van der Waals surface area contributed by atoms with Crippen LogP contribution in [0, 0.1) is 5.92 Å². The Morgan fingerprint density at radius 2 is 1.34 bits per heavy atom. The third-order valence-electron chi connectivity index (χ3n) is 10.7. The summed E-state index contributed by atoms with van der Waals surface area (Å²) in [6.45, 7) is 7.13. The number of hydrogen-bond acceptors (Lipinski definition) is 5. The smallest absolute Gasteiger partial charge is 0.178 e. The number of ether oxygens (including phenoxy) is 3. The van der Waals surface area contributed by atoms with Crippen molar-refractivity contribution in [2.45, 2.75) is 54.4 Å². The van der Waals surface area contributed by atoms with Crippen LogP contribution in [0.3, 0.4) is 0 Å². The molecule has 2 atom stereocenters. The van der Waals surface area contributed by atoms with Crippen LogP contribution in [0.4, 0.5) is 0 Å². The van der Waals surface area contributed by atoms with E-state index in [9.17, 15) is 0 Å². The number of thioether (sulfide) groups is 2. The lowest BCUT2D eigenvalue weighted by Gasteiger charge is -2.41. The van der Waals surface area contributed by atoms with Gasteiger partial charge in [0.1, 0.15) is 17.2 Å². The Morgan fingerprint density at radius 3 is 1.87 bits per heavy atom. The summed E-state index contributed by atoms with van der Waals surface area (Å²) in [4.78, 5) is 2.56. The first-order valence-electron chi connectivity index (χ1n) is 16.4. The van der Waals surface area contributed by atoms with Crippen LogP contribution in [-0.2, 0) is 11.0 Å². The van der Waals surface area contributed by atoms with E-state index in [1.165, 1.54) is 43.0 Å². The molecular formula is C42H42O3S2. The lowest BCUT2D eigenvalue weighted by Crippen LogP contribution is -2.36. The van der Waals surface area contributed by atoms with Gasteiger partial charge in [0.15, 0.2) is 5.60 Å². The first-order valence-corrected chi connectivity index (χ1v) is 18.9. The predicted molar refractivity (Wildman–Crippen MR) is 200 cm³/mol. The van der Waals surface area contributed by atoms with Gasteiger partial charge in [0.05, 0.1) is 14.2 Å². The van der Waals surface area contributed by atoms with Crippen molar-refractivity contribution in [2.75, 3.05) is 26.7 Å². The summed E-state index contributed by atoms with van der Waals surface area (Å²) in [6.07, 6.45) is 11.1. The summed E-state index contributed by atoms with van der Waals surface area (Å²) in [6, 6.07) is 30.5. The molecule has 0 saturated heterocycles. The molecule has 0 amide bonds. The van der Waals surface area contributed by atoms with E-state index in [-0.39, 0.29) is 5.41 Å². The maximum Gasteiger partial charge on any atom is 0.178 e. The quantitative estimate of drug-likeness (QED) is 0.147. The van der Waals surface area contributed by atoms with Gasteiger partial charge in [-0.1, -0.05) is 81.8 Å². The fraction of sp³-hybridized carbons (Fsp3) is 0.286. The highest BCUT2D eigenvalue weighted by Crippen LogP contribution is 2.62. The van der Waals surface area contributed by atoms with Gasteiger partial charge < -0.3 is 14.2 Å². The van der Waals surface area contributed by atoms with E-state index in [1.54, 1.807) is 26.0 Å². The van der Waals surface area contributed by atoms with E-state index in [0.29, 0.717) is 5.92 Å². The van der Waals surface area contributed by atoms with Gasteiger partial charge in [-0.25, -0.2) is 0 Å². The van der Waals surface area contributed by atoms with Crippen molar-refractivity contribution in [3.8, 4) is 28.4 Å². The van der Waals surface area contributed by atoms with Crippen LogP contribution < -0.4 is 14.2 Å². The Labute approximate surface area is 287 Å². The van der Waals surface area contributed by atoms with Gasteiger partial charge in [-0.3, -0.25) is 0 Å². The molecule has 1 aliphatic carbocycles. The van der Waals surface area contributed by atoms with Crippen molar-refractivity contribution < 1.29 is 14.2 Å². The second-order valence-electron chi connectivity index (χ2n) is 12.6. The summed E-state index contributed by atoms with van der Waals surface area (Å²) < 4.78 is 18.7. The van der Waals surface area contributed by atoms with Gasteiger partial charge in [-0.15, -0.1) is 23.5 Å². The molecule has 1 heterocycles. The monoisotopic (exact) mass is 658 g/mol. The van der Waals surface area contributed by atoms with Crippen LogP contribution in [0.5, 0.6) is 17.2 Å². The number of fused-ring (bicyclic) bond motifs is 8. The Bertz CT molecular complexity index is 1950. The zero-order valence-corrected chi connectivity index (χ0v) is 29.9. The molecule has 5 heteroatoms. The minimum atomic E-state index is -0.860. The molecule has 0 spiro atoms. The number of methoxy groups -OCH3 is 2. The molecule has 0 fully saturated rings. The summed E-state index contributed by atoms with van der Waals surface area (Å²) >= 11 is 3.61. The van der Waals surface area contributed by atoms with Crippen LogP contribution >= 0.6 is 23.5 Å². The zero-order chi connectivity index (χ0) is 32.9. The molecule has 2 aliphatic rings. The van der Waals surface area contributed by atoms with Crippen LogP contribution in [0.25, 0.3) is 28.0 Å². The third kappa shape index (κ3) is 4.64. The Hall–Kier alpha value is -3.80. The van der Waals surface area contributed by atoms with Gasteiger partial charge >= 0.3 is 0 Å². The van der Waals surface area contributed by atoms with Gasteiger partial charge in [0.2, 0.25) is 0 Å². The number of benzene rings is 5. The fourth-order valence-electron chi connectivity index (χ4n) is 8.16. The summed E-state index contributed by atoms with van der Waals surface area (Å²) in [7, 11) is 3.41. The highest BCUT2D eigenvalue weighted by Gasteiger charge is 2.49. The van der Waals surface area contributed by atoms with Crippen molar-refractivity contribution >= 4 is 40.4 Å². The lowest BCUT2D eigenvalue weighted by atomic mass is 9.64. The summed E-state index contributed by atoms with van der Waals surface area (Å²) in [5.41, 5.74) is 7.87. The molecule has 5 aromatic rings. The fourth-order valence-corrected chi connectivity index (χ4v) is 9.66. The first kappa shape index (κ1) is 31.8. The number of rotatable bonds is 9. The second-order valence-corrected chi connectivity index (χ2v) is 14.2. The van der Waals surface area contributed by atoms with E-state index in [1.807, 2.05) is 36.0 Å². The standard InChI is InChI=1S/C42H42O3S2/c1-8-26(3)41(9-2)35-13-11-10-12-31(35)38-33-24-36(46-6)37(47-7)25-34(33)40-32(39(38)41)22-23-42(45-40,27-14-18-29(43-4)19-15-27)28-16-20-30(44-5)21-17-28/h10-26H,8-9H2,1-7H3. The van der Waals surface area contributed by atoms with Gasteiger partial charge in [0.25, 0.3) is 0 Å². The van der Waals surface area contributed by atoms with E-state index in [4.69, 9.17) is 14.2 Å². The molecule has 0 N–H and O–H groups in total. The Morgan fingerprint density at radius 1 is 0.766 bits per heavy atom. The highest BCUT2D eigenvalue weighted by atomic mass is 32.2. The molecule has 47 heavy (non-hydrogen) atoms. The van der Waals surface area contributed by atoms with Crippen molar-refractivity contribution in [1.82, 2.24) is 0 Å². The van der Waals surface area contributed by atoms with E-state index in [2.05, 4.69) is 106 Å². The predicted octanol–water partition coefficient (Wildman–Crippen LogP) is 11.4. The lowest BCUT2D eigenvalue weighted by molar-refractivity contribution is 0.162. The Kier molecular flexibility index (Phi) is 8.34.